The summed E-state index contributed by atoms with van der Waals surface area (Å²) >= 11 is 0. The number of ether oxygens (including phenoxy) is 4. The van der Waals surface area contributed by atoms with Gasteiger partial charge in [0, 0.05) is 0 Å². The monoisotopic (exact) mass is 558 g/mol. The predicted octanol–water partition coefficient (Wildman–Crippen LogP) is 4.22. The molecule has 0 radical (unpaired) electrons. The molecule has 0 aliphatic heterocycles. The quantitative estimate of drug-likeness (QED) is 0.182. The van der Waals surface area contributed by atoms with Crippen LogP contribution in [-0.4, -0.2) is 71.5 Å². The number of esters is 4. The topological polar surface area (TPSA) is 129 Å². The third-order valence-electron chi connectivity index (χ3n) is 4.60. The fraction of sp³-hybridized carbons (Fsp3) is 0.862. The largest absolute Gasteiger partial charge is 0.460 e. The van der Waals surface area contributed by atoms with Crippen molar-refractivity contribution >= 4 is 23.9 Å². The van der Waals surface area contributed by atoms with Gasteiger partial charge in [-0.1, -0.05) is 6.42 Å². The first-order valence-corrected chi connectivity index (χ1v) is 13.8. The fourth-order valence-electron chi connectivity index (χ4n) is 3.30. The van der Waals surface area contributed by atoms with Crippen molar-refractivity contribution in [3.63, 3.8) is 0 Å². The Morgan fingerprint density at radius 2 is 0.769 bits per heavy atom. The Kier molecular flexibility index (Phi) is 14.7. The summed E-state index contributed by atoms with van der Waals surface area (Å²) in [4.78, 5) is 50.0. The second-order valence-corrected chi connectivity index (χ2v) is 13.7. The molecule has 0 spiro atoms. The molecule has 0 aliphatic carbocycles. The zero-order valence-corrected chi connectivity index (χ0v) is 26.4. The summed E-state index contributed by atoms with van der Waals surface area (Å²) in [5.74, 6) is -1.96. The Morgan fingerprint density at radius 3 is 1.03 bits per heavy atom. The van der Waals surface area contributed by atoms with Crippen LogP contribution in [0.25, 0.3) is 0 Å². The minimum absolute atomic E-state index is 0.129. The van der Waals surface area contributed by atoms with Crippen LogP contribution in [0.5, 0.6) is 0 Å². The molecule has 0 saturated carbocycles. The highest BCUT2D eigenvalue weighted by atomic mass is 16.6. The first-order chi connectivity index (χ1) is 17.5. The van der Waals surface area contributed by atoms with Crippen LogP contribution >= 0.6 is 0 Å². The van der Waals surface area contributed by atoms with Crippen LogP contribution in [0.15, 0.2) is 0 Å². The van der Waals surface area contributed by atoms with E-state index in [2.05, 4.69) is 10.6 Å². The molecule has 0 aromatic heterocycles. The van der Waals surface area contributed by atoms with E-state index in [0.29, 0.717) is 13.1 Å². The zero-order chi connectivity index (χ0) is 30.7. The van der Waals surface area contributed by atoms with Gasteiger partial charge in [0.05, 0.1) is 12.8 Å². The maximum Gasteiger partial charge on any atom is 0.324 e. The van der Waals surface area contributed by atoms with Crippen LogP contribution in [0.4, 0.5) is 0 Å². The minimum atomic E-state index is -0.817. The Labute approximate surface area is 235 Å². The highest BCUT2D eigenvalue weighted by Gasteiger charge is 2.30. The molecule has 39 heavy (non-hydrogen) atoms. The average molecular weight is 559 g/mol. The van der Waals surface area contributed by atoms with E-state index in [0.717, 1.165) is 19.3 Å². The van der Waals surface area contributed by atoms with Gasteiger partial charge < -0.3 is 29.6 Å². The molecule has 0 aromatic carbocycles. The Hall–Kier alpha value is -2.20. The standard InChI is InChI=1S/C29H54N2O8/c1-26(2,3)36-22(32)18-20(24(34)38-28(7,8)9)30-16-14-13-15-17-31-21(25(35)39-29(10,11)12)19-23(33)37-27(4,5)6/h20-21,30-31H,13-19H2,1-12H3/t20-,21-/m0/s1. The fourth-order valence-corrected chi connectivity index (χ4v) is 3.30. The number of hydrogen-bond acceptors (Lipinski definition) is 10. The van der Waals surface area contributed by atoms with Gasteiger partial charge in [-0.2, -0.15) is 0 Å². The summed E-state index contributed by atoms with van der Waals surface area (Å²) in [5, 5.41) is 6.24. The minimum Gasteiger partial charge on any atom is -0.460 e. The van der Waals surface area contributed by atoms with E-state index in [9.17, 15) is 19.2 Å². The molecule has 0 heterocycles. The highest BCUT2D eigenvalue weighted by Crippen LogP contribution is 2.15. The normalized spacial score (nSPS) is 14.3. The van der Waals surface area contributed by atoms with Gasteiger partial charge in [0.25, 0.3) is 0 Å². The molecule has 2 atom stereocenters. The van der Waals surface area contributed by atoms with Gasteiger partial charge in [-0.15, -0.1) is 0 Å². The van der Waals surface area contributed by atoms with E-state index in [-0.39, 0.29) is 12.8 Å². The van der Waals surface area contributed by atoms with Gasteiger partial charge >= 0.3 is 23.9 Å². The molecule has 0 rings (SSSR count). The van der Waals surface area contributed by atoms with Crippen LogP contribution < -0.4 is 10.6 Å². The van der Waals surface area contributed by atoms with E-state index in [1.807, 2.05) is 0 Å². The highest BCUT2D eigenvalue weighted by molar-refractivity contribution is 5.83. The molecule has 0 unspecified atom stereocenters. The van der Waals surface area contributed by atoms with Gasteiger partial charge in [0.15, 0.2) is 0 Å². The molecule has 0 saturated heterocycles. The summed E-state index contributed by atoms with van der Waals surface area (Å²) in [6.45, 7) is 22.3. The summed E-state index contributed by atoms with van der Waals surface area (Å²) in [7, 11) is 0. The van der Waals surface area contributed by atoms with Gasteiger partial charge in [0.2, 0.25) is 0 Å². The SMILES string of the molecule is CC(C)(C)OC(=O)C[C@H](NCCCCCN[C@@H](CC(=O)OC(C)(C)C)C(=O)OC(C)(C)C)C(=O)OC(C)(C)C. The van der Waals surface area contributed by atoms with E-state index < -0.39 is 58.4 Å². The summed E-state index contributed by atoms with van der Waals surface area (Å²) in [6.07, 6.45) is 1.96. The second-order valence-electron chi connectivity index (χ2n) is 13.7. The Balaban J connectivity index is 4.85. The summed E-state index contributed by atoms with van der Waals surface area (Å²) in [6, 6.07) is -1.63. The molecule has 10 nitrogen and oxygen atoms in total. The average Bonchev–Trinajstić information content (AvgIpc) is 2.65. The number of hydrogen-bond donors (Lipinski definition) is 2. The van der Waals surface area contributed by atoms with Crippen LogP contribution in [0, 0.1) is 0 Å². The van der Waals surface area contributed by atoms with E-state index in [1.54, 1.807) is 83.1 Å². The lowest BCUT2D eigenvalue weighted by Crippen LogP contribution is -2.44. The molecule has 0 fully saturated rings. The molecule has 0 aliphatic rings. The molecular formula is C29H54N2O8. The lowest BCUT2D eigenvalue weighted by molar-refractivity contribution is -0.164. The third-order valence-corrected chi connectivity index (χ3v) is 4.60. The van der Waals surface area contributed by atoms with Crippen molar-refractivity contribution in [2.75, 3.05) is 13.1 Å². The number of nitrogens with one attached hydrogen (secondary N) is 2. The van der Waals surface area contributed by atoms with Gasteiger partial charge in [0.1, 0.15) is 34.5 Å². The van der Waals surface area contributed by atoms with Crippen molar-refractivity contribution < 1.29 is 38.1 Å². The van der Waals surface area contributed by atoms with E-state index in [1.165, 1.54) is 0 Å². The van der Waals surface area contributed by atoms with Crippen LogP contribution in [0.1, 0.15) is 115 Å². The first-order valence-electron chi connectivity index (χ1n) is 13.8. The molecule has 0 amide bonds. The van der Waals surface area contributed by atoms with Crippen molar-refractivity contribution in [3.05, 3.63) is 0 Å². The molecular weight excluding hydrogens is 504 g/mol. The van der Waals surface area contributed by atoms with Gasteiger partial charge in [-0.3, -0.25) is 19.2 Å². The summed E-state index contributed by atoms with van der Waals surface area (Å²) < 4.78 is 21.7. The smallest absolute Gasteiger partial charge is 0.324 e. The van der Waals surface area contributed by atoms with Crippen molar-refractivity contribution in [2.45, 2.75) is 150 Å². The third kappa shape index (κ3) is 21.3. The zero-order valence-electron chi connectivity index (χ0n) is 26.4. The molecule has 0 bridgehead atoms. The van der Waals surface area contributed by atoms with Crippen molar-refractivity contribution in [2.24, 2.45) is 0 Å². The number of rotatable bonds is 14. The van der Waals surface area contributed by atoms with E-state index >= 15 is 0 Å². The maximum absolute atomic E-state index is 12.7. The van der Waals surface area contributed by atoms with Crippen molar-refractivity contribution in [1.29, 1.82) is 0 Å². The lowest BCUT2D eigenvalue weighted by Gasteiger charge is -2.26. The first kappa shape index (κ1) is 36.8. The van der Waals surface area contributed by atoms with Gasteiger partial charge in [-0.05, 0) is 109 Å². The molecule has 2 N–H and O–H groups in total. The Bertz CT molecular complexity index is 732. The van der Waals surface area contributed by atoms with E-state index in [4.69, 9.17) is 18.9 Å². The number of carbonyl (C=O) groups excluding carboxylic acids is 4. The lowest BCUT2D eigenvalue weighted by atomic mass is 10.1. The molecule has 10 heteroatoms. The maximum atomic E-state index is 12.7. The Morgan fingerprint density at radius 1 is 0.487 bits per heavy atom. The van der Waals surface area contributed by atoms with Crippen molar-refractivity contribution in [1.82, 2.24) is 10.6 Å². The predicted molar refractivity (Wildman–Crippen MR) is 150 cm³/mol. The number of unbranched alkanes of at least 4 members (excludes halogenated alkanes) is 2. The van der Waals surface area contributed by atoms with Crippen LogP contribution in [0.3, 0.4) is 0 Å². The van der Waals surface area contributed by atoms with Crippen LogP contribution in [-0.2, 0) is 38.1 Å². The van der Waals surface area contributed by atoms with Crippen molar-refractivity contribution in [3.8, 4) is 0 Å². The number of carbonyl (C=O) groups is 4. The molecule has 228 valence electrons. The van der Waals surface area contributed by atoms with Gasteiger partial charge in [-0.25, -0.2) is 0 Å². The summed E-state index contributed by atoms with van der Waals surface area (Å²) in [5.41, 5.74) is -2.66. The van der Waals surface area contributed by atoms with Crippen LogP contribution in [0.2, 0.25) is 0 Å². The second kappa shape index (κ2) is 15.6. The molecule has 0 aromatic rings.